The van der Waals surface area contributed by atoms with Crippen LogP contribution in [0.2, 0.25) is 0 Å². The van der Waals surface area contributed by atoms with E-state index in [-0.39, 0.29) is 5.91 Å². The summed E-state index contributed by atoms with van der Waals surface area (Å²) in [5.41, 5.74) is 6.36. The molecule has 0 aliphatic carbocycles. The smallest absolute Gasteiger partial charge is 0.263 e. The molecule has 1 rings (SSSR count). The quantitative estimate of drug-likeness (QED) is 0.802. The molecule has 1 aromatic heterocycles. The Balaban J connectivity index is 2.86. The highest BCUT2D eigenvalue weighted by Crippen LogP contribution is 2.31. The van der Waals surface area contributed by atoms with Crippen LogP contribution in [0.1, 0.15) is 16.6 Å². The van der Waals surface area contributed by atoms with Gasteiger partial charge in [-0.2, -0.15) is 0 Å². The van der Waals surface area contributed by atoms with Crippen molar-refractivity contribution in [3.8, 4) is 0 Å². The second kappa shape index (κ2) is 6.46. The van der Waals surface area contributed by atoms with E-state index in [1.807, 2.05) is 6.07 Å². The molecule has 0 saturated heterocycles. The topological polar surface area (TPSA) is 67.6 Å². The standard InChI is InChI=1S/C11H19N3O2S/c1-4-14(5-6-16-3)9-7-8(12)10(17-9)11(15)13-2/h7H,4-6,12H2,1-3H3,(H,13,15). The van der Waals surface area contributed by atoms with E-state index < -0.39 is 0 Å². The van der Waals surface area contributed by atoms with Crippen LogP contribution in [0, 0.1) is 0 Å². The van der Waals surface area contributed by atoms with Gasteiger partial charge in [-0.1, -0.05) is 0 Å². The number of methoxy groups -OCH3 is 1. The number of nitrogens with two attached hydrogens (primary N) is 1. The summed E-state index contributed by atoms with van der Waals surface area (Å²) in [5.74, 6) is -0.137. The predicted octanol–water partition coefficient (Wildman–Crippen LogP) is 1.16. The van der Waals surface area contributed by atoms with Gasteiger partial charge >= 0.3 is 0 Å². The van der Waals surface area contributed by atoms with Gasteiger partial charge in [-0.25, -0.2) is 0 Å². The number of likely N-dealkylation sites (N-methyl/N-ethyl adjacent to an activating group) is 1. The molecule has 1 amide bonds. The van der Waals surface area contributed by atoms with Gasteiger partial charge in [0.1, 0.15) is 4.88 Å². The Hall–Kier alpha value is -1.27. The molecule has 0 aliphatic heterocycles. The van der Waals surface area contributed by atoms with E-state index in [0.717, 1.165) is 18.1 Å². The lowest BCUT2D eigenvalue weighted by Crippen LogP contribution is -2.25. The molecule has 1 heterocycles. The monoisotopic (exact) mass is 257 g/mol. The van der Waals surface area contributed by atoms with Crippen LogP contribution < -0.4 is 16.0 Å². The number of hydrogen-bond acceptors (Lipinski definition) is 5. The van der Waals surface area contributed by atoms with Crippen molar-refractivity contribution in [2.75, 3.05) is 44.5 Å². The van der Waals surface area contributed by atoms with Gasteiger partial charge in [0.2, 0.25) is 0 Å². The first-order chi connectivity index (χ1) is 8.13. The Bertz CT molecular complexity index is 379. The number of rotatable bonds is 6. The normalized spacial score (nSPS) is 10.3. The van der Waals surface area contributed by atoms with Crippen LogP contribution in [0.3, 0.4) is 0 Å². The van der Waals surface area contributed by atoms with Gasteiger partial charge in [0.15, 0.2) is 0 Å². The highest BCUT2D eigenvalue weighted by atomic mass is 32.1. The Morgan fingerprint density at radius 3 is 2.88 bits per heavy atom. The van der Waals surface area contributed by atoms with Crippen molar-refractivity contribution in [1.82, 2.24) is 5.32 Å². The van der Waals surface area contributed by atoms with E-state index in [0.29, 0.717) is 17.2 Å². The molecule has 5 nitrogen and oxygen atoms in total. The van der Waals surface area contributed by atoms with Crippen LogP contribution in [0.15, 0.2) is 6.07 Å². The molecule has 0 spiro atoms. The lowest BCUT2D eigenvalue weighted by molar-refractivity contribution is 0.0968. The largest absolute Gasteiger partial charge is 0.397 e. The third kappa shape index (κ3) is 3.34. The van der Waals surface area contributed by atoms with Gasteiger partial charge in [0.05, 0.1) is 17.3 Å². The highest BCUT2D eigenvalue weighted by molar-refractivity contribution is 7.18. The zero-order chi connectivity index (χ0) is 12.8. The summed E-state index contributed by atoms with van der Waals surface area (Å²) in [6.07, 6.45) is 0. The number of amides is 1. The van der Waals surface area contributed by atoms with E-state index in [2.05, 4.69) is 17.1 Å². The molecule has 0 radical (unpaired) electrons. The summed E-state index contributed by atoms with van der Waals surface area (Å²) in [5, 5.41) is 3.58. The summed E-state index contributed by atoms with van der Waals surface area (Å²) >= 11 is 1.41. The lowest BCUT2D eigenvalue weighted by atomic mass is 10.3. The predicted molar refractivity (Wildman–Crippen MR) is 71.9 cm³/mol. The number of nitrogen functional groups attached to an aromatic ring is 1. The Morgan fingerprint density at radius 2 is 2.35 bits per heavy atom. The first-order valence-corrected chi connectivity index (χ1v) is 6.30. The Labute approximate surface area is 106 Å². The highest BCUT2D eigenvalue weighted by Gasteiger charge is 2.15. The van der Waals surface area contributed by atoms with Crippen LogP contribution in [0.25, 0.3) is 0 Å². The molecule has 0 aromatic carbocycles. The molecule has 0 bridgehead atoms. The summed E-state index contributed by atoms with van der Waals surface area (Å²) < 4.78 is 5.05. The number of carbonyl (C=O) groups excluding carboxylic acids is 1. The summed E-state index contributed by atoms with van der Waals surface area (Å²) in [7, 11) is 3.27. The molecule has 0 aliphatic rings. The molecule has 96 valence electrons. The molecule has 6 heteroatoms. The van der Waals surface area contributed by atoms with E-state index in [1.54, 1.807) is 14.2 Å². The number of nitrogens with zero attached hydrogens (tertiary/aromatic N) is 1. The molecule has 3 N–H and O–H groups in total. The van der Waals surface area contributed by atoms with Crippen molar-refractivity contribution in [1.29, 1.82) is 0 Å². The van der Waals surface area contributed by atoms with Crippen molar-refractivity contribution in [3.05, 3.63) is 10.9 Å². The molecular weight excluding hydrogens is 238 g/mol. The minimum absolute atomic E-state index is 0.137. The van der Waals surface area contributed by atoms with Crippen molar-refractivity contribution in [3.63, 3.8) is 0 Å². The molecule has 0 unspecified atom stereocenters. The fourth-order valence-corrected chi connectivity index (χ4v) is 2.58. The van der Waals surface area contributed by atoms with Crippen LogP contribution in [0.5, 0.6) is 0 Å². The number of ether oxygens (including phenoxy) is 1. The first kappa shape index (κ1) is 13.8. The molecule has 0 fully saturated rings. The molecule has 1 aromatic rings. The first-order valence-electron chi connectivity index (χ1n) is 5.49. The Kier molecular flexibility index (Phi) is 5.24. The fourth-order valence-electron chi connectivity index (χ4n) is 1.46. The minimum atomic E-state index is -0.137. The number of nitrogens with one attached hydrogen (secondary N) is 1. The van der Waals surface area contributed by atoms with Crippen LogP contribution in [-0.4, -0.2) is 39.8 Å². The van der Waals surface area contributed by atoms with Crippen LogP contribution >= 0.6 is 11.3 Å². The average molecular weight is 257 g/mol. The average Bonchev–Trinajstić information content (AvgIpc) is 2.71. The SMILES string of the molecule is CCN(CCOC)c1cc(N)c(C(=O)NC)s1. The summed E-state index contributed by atoms with van der Waals surface area (Å²) in [6.45, 7) is 4.36. The van der Waals surface area contributed by atoms with Crippen LogP contribution in [-0.2, 0) is 4.74 Å². The van der Waals surface area contributed by atoms with E-state index in [9.17, 15) is 4.79 Å². The van der Waals surface area contributed by atoms with Crippen molar-refractivity contribution in [2.45, 2.75) is 6.92 Å². The van der Waals surface area contributed by atoms with E-state index >= 15 is 0 Å². The van der Waals surface area contributed by atoms with Gasteiger partial charge in [-0.05, 0) is 13.0 Å². The second-order valence-corrected chi connectivity index (χ2v) is 4.55. The van der Waals surface area contributed by atoms with Gasteiger partial charge in [0.25, 0.3) is 5.91 Å². The van der Waals surface area contributed by atoms with Gasteiger partial charge in [-0.15, -0.1) is 11.3 Å². The van der Waals surface area contributed by atoms with E-state index in [4.69, 9.17) is 10.5 Å². The maximum Gasteiger partial charge on any atom is 0.263 e. The van der Waals surface area contributed by atoms with E-state index in [1.165, 1.54) is 11.3 Å². The number of thiophene rings is 1. The number of hydrogen-bond donors (Lipinski definition) is 2. The lowest BCUT2D eigenvalue weighted by Gasteiger charge is -2.20. The maximum absolute atomic E-state index is 11.5. The van der Waals surface area contributed by atoms with Gasteiger partial charge in [-0.3, -0.25) is 4.79 Å². The van der Waals surface area contributed by atoms with Crippen molar-refractivity contribution >= 4 is 27.9 Å². The minimum Gasteiger partial charge on any atom is -0.397 e. The zero-order valence-corrected chi connectivity index (χ0v) is 11.3. The third-order valence-corrected chi connectivity index (χ3v) is 3.65. The number of carbonyl (C=O) groups is 1. The second-order valence-electron chi connectivity index (χ2n) is 3.52. The van der Waals surface area contributed by atoms with Crippen molar-refractivity contribution in [2.24, 2.45) is 0 Å². The molecular formula is C11H19N3O2S. The Morgan fingerprint density at radius 1 is 1.65 bits per heavy atom. The van der Waals surface area contributed by atoms with Gasteiger partial charge in [0, 0.05) is 27.2 Å². The molecule has 0 saturated carbocycles. The van der Waals surface area contributed by atoms with Crippen LogP contribution in [0.4, 0.5) is 10.7 Å². The van der Waals surface area contributed by atoms with Gasteiger partial charge < -0.3 is 20.7 Å². The maximum atomic E-state index is 11.5. The zero-order valence-electron chi connectivity index (χ0n) is 10.4. The summed E-state index contributed by atoms with van der Waals surface area (Å²) in [6, 6.07) is 1.84. The molecule has 17 heavy (non-hydrogen) atoms. The van der Waals surface area contributed by atoms with Crippen molar-refractivity contribution < 1.29 is 9.53 Å². The fraction of sp³-hybridized carbons (Fsp3) is 0.545. The third-order valence-electron chi connectivity index (χ3n) is 2.44. The molecule has 0 atom stereocenters. The summed E-state index contributed by atoms with van der Waals surface area (Å²) in [4.78, 5) is 14.3. The number of anilines is 2.